The van der Waals surface area contributed by atoms with Gasteiger partial charge in [-0.1, -0.05) is 32.1 Å². The van der Waals surface area contributed by atoms with Crippen LogP contribution in [0.15, 0.2) is 0 Å². The molecule has 0 atom stereocenters. The quantitative estimate of drug-likeness (QED) is 0.571. The third-order valence-electron chi connectivity index (χ3n) is 3.04. The molecule has 0 aliphatic heterocycles. The monoisotopic (exact) mass is 260 g/mol. The minimum Gasteiger partial charge on any atom is -0.438 e. The first-order valence-electron chi connectivity index (χ1n) is 6.15. The van der Waals surface area contributed by atoms with E-state index in [9.17, 15) is 9.59 Å². The fourth-order valence-corrected chi connectivity index (χ4v) is 2.13. The van der Waals surface area contributed by atoms with Crippen molar-refractivity contribution in [3.63, 3.8) is 0 Å². The van der Waals surface area contributed by atoms with Gasteiger partial charge in [0.25, 0.3) is 6.29 Å². The molecule has 0 aromatic heterocycles. The van der Waals surface area contributed by atoms with Gasteiger partial charge in [0, 0.05) is 6.42 Å². The summed E-state index contributed by atoms with van der Waals surface area (Å²) in [6.45, 7) is 0. The van der Waals surface area contributed by atoms with E-state index >= 15 is 0 Å². The van der Waals surface area contributed by atoms with Crippen LogP contribution < -0.4 is 0 Å². The van der Waals surface area contributed by atoms with Crippen molar-refractivity contribution in [2.75, 3.05) is 14.2 Å². The summed E-state index contributed by atoms with van der Waals surface area (Å²) in [5.74, 6) is 0.401. The fraction of sp³-hybridized carbons (Fsp3) is 0.833. The summed E-state index contributed by atoms with van der Waals surface area (Å²) in [4.78, 5) is 22.1. The molecular formula is C12H20O6. The van der Waals surface area contributed by atoms with Gasteiger partial charge in [0.15, 0.2) is 0 Å². The van der Waals surface area contributed by atoms with E-state index in [1.807, 2.05) is 0 Å². The van der Waals surface area contributed by atoms with Gasteiger partial charge >= 0.3 is 12.3 Å². The van der Waals surface area contributed by atoms with Gasteiger partial charge in [-0.05, 0) is 5.92 Å². The number of carbonyl (C=O) groups excluding carboxylic acids is 2. The Bertz CT molecular complexity index is 254. The highest BCUT2D eigenvalue weighted by molar-refractivity contribution is 5.61. The molecule has 0 spiro atoms. The Kier molecular flexibility index (Phi) is 6.32. The van der Waals surface area contributed by atoms with E-state index in [4.69, 9.17) is 9.47 Å². The molecule has 0 aromatic carbocycles. The average Bonchev–Trinajstić information content (AvgIpc) is 2.39. The largest absolute Gasteiger partial charge is 0.511 e. The number of carbonyl (C=O) groups is 2. The standard InChI is InChI=1S/C12H20O6/c1-15-11(13)17-10(18-12(14)16-2)8-9-6-4-3-5-7-9/h9-10H,3-8H2,1-2H3. The normalized spacial score (nSPS) is 16.2. The molecule has 0 aromatic rings. The lowest BCUT2D eigenvalue weighted by molar-refractivity contribution is -0.109. The molecule has 6 nitrogen and oxygen atoms in total. The van der Waals surface area contributed by atoms with Crippen molar-refractivity contribution in [2.24, 2.45) is 5.92 Å². The first kappa shape index (κ1) is 14.6. The van der Waals surface area contributed by atoms with Crippen LogP contribution in [0.25, 0.3) is 0 Å². The van der Waals surface area contributed by atoms with E-state index in [1.54, 1.807) is 0 Å². The molecule has 0 bridgehead atoms. The van der Waals surface area contributed by atoms with Gasteiger partial charge in [0.1, 0.15) is 0 Å². The Hall–Kier alpha value is -1.46. The van der Waals surface area contributed by atoms with Crippen LogP contribution in [-0.2, 0) is 18.9 Å². The highest BCUT2D eigenvalue weighted by Crippen LogP contribution is 2.28. The molecule has 0 heterocycles. The lowest BCUT2D eigenvalue weighted by Gasteiger charge is -2.25. The Balaban J connectivity index is 2.46. The Morgan fingerprint density at radius 3 is 1.94 bits per heavy atom. The number of rotatable bonds is 4. The Morgan fingerprint density at radius 2 is 1.50 bits per heavy atom. The van der Waals surface area contributed by atoms with Crippen LogP contribution >= 0.6 is 0 Å². The van der Waals surface area contributed by atoms with Gasteiger partial charge in [-0.2, -0.15) is 0 Å². The zero-order chi connectivity index (χ0) is 13.4. The fourth-order valence-electron chi connectivity index (χ4n) is 2.13. The second-order valence-corrected chi connectivity index (χ2v) is 4.31. The molecule has 1 rings (SSSR count). The Labute approximate surface area is 107 Å². The molecule has 0 amide bonds. The van der Waals surface area contributed by atoms with E-state index in [1.165, 1.54) is 20.6 Å². The van der Waals surface area contributed by atoms with E-state index in [-0.39, 0.29) is 0 Å². The smallest absolute Gasteiger partial charge is 0.438 e. The average molecular weight is 260 g/mol. The Morgan fingerprint density at radius 1 is 1.00 bits per heavy atom. The summed E-state index contributed by atoms with van der Waals surface area (Å²) in [7, 11) is 2.41. The van der Waals surface area contributed by atoms with Crippen molar-refractivity contribution in [1.29, 1.82) is 0 Å². The molecule has 6 heteroatoms. The first-order valence-corrected chi connectivity index (χ1v) is 6.15. The third kappa shape index (κ3) is 5.25. The third-order valence-corrected chi connectivity index (χ3v) is 3.04. The van der Waals surface area contributed by atoms with Crippen molar-refractivity contribution in [3.05, 3.63) is 0 Å². The molecule has 104 valence electrons. The molecule has 1 aliphatic rings. The number of hydrogen-bond donors (Lipinski definition) is 0. The number of methoxy groups -OCH3 is 2. The van der Waals surface area contributed by atoms with Crippen LogP contribution in [-0.4, -0.2) is 32.8 Å². The van der Waals surface area contributed by atoms with Gasteiger partial charge in [0.2, 0.25) is 0 Å². The molecule has 0 N–H and O–H groups in total. The first-order chi connectivity index (χ1) is 8.65. The highest BCUT2D eigenvalue weighted by atomic mass is 16.8. The van der Waals surface area contributed by atoms with Crippen molar-refractivity contribution < 1.29 is 28.5 Å². The van der Waals surface area contributed by atoms with Crippen LogP contribution in [0.1, 0.15) is 38.5 Å². The van der Waals surface area contributed by atoms with Crippen LogP contribution in [0.3, 0.4) is 0 Å². The van der Waals surface area contributed by atoms with Crippen LogP contribution in [0.4, 0.5) is 9.59 Å². The number of ether oxygens (including phenoxy) is 4. The van der Waals surface area contributed by atoms with Crippen molar-refractivity contribution in [3.8, 4) is 0 Å². The van der Waals surface area contributed by atoms with Crippen molar-refractivity contribution in [2.45, 2.75) is 44.8 Å². The lowest BCUT2D eigenvalue weighted by atomic mass is 9.87. The van der Waals surface area contributed by atoms with Crippen molar-refractivity contribution >= 4 is 12.3 Å². The van der Waals surface area contributed by atoms with Gasteiger partial charge in [0.05, 0.1) is 14.2 Å². The zero-order valence-corrected chi connectivity index (χ0v) is 10.8. The van der Waals surface area contributed by atoms with Gasteiger partial charge < -0.3 is 18.9 Å². The summed E-state index contributed by atoms with van der Waals surface area (Å²) in [6.07, 6.45) is 3.51. The lowest BCUT2D eigenvalue weighted by Crippen LogP contribution is -2.27. The van der Waals surface area contributed by atoms with E-state index in [0.717, 1.165) is 25.7 Å². The van der Waals surface area contributed by atoms with Crippen LogP contribution in [0.5, 0.6) is 0 Å². The van der Waals surface area contributed by atoms with Gasteiger partial charge in [-0.25, -0.2) is 9.59 Å². The zero-order valence-electron chi connectivity index (χ0n) is 10.8. The minimum absolute atomic E-state index is 0.401. The van der Waals surface area contributed by atoms with Gasteiger partial charge in [-0.3, -0.25) is 0 Å². The molecule has 1 aliphatic carbocycles. The molecule has 1 saturated carbocycles. The second kappa shape index (κ2) is 7.79. The summed E-state index contributed by atoms with van der Waals surface area (Å²) in [6, 6.07) is 0. The SMILES string of the molecule is COC(=O)OC(CC1CCCCC1)OC(=O)OC. The van der Waals surface area contributed by atoms with Crippen LogP contribution in [0.2, 0.25) is 0 Å². The van der Waals surface area contributed by atoms with E-state index < -0.39 is 18.6 Å². The predicted molar refractivity (Wildman–Crippen MR) is 62.0 cm³/mol. The van der Waals surface area contributed by atoms with Crippen LogP contribution in [0, 0.1) is 5.92 Å². The van der Waals surface area contributed by atoms with E-state index in [0.29, 0.717) is 12.3 Å². The highest BCUT2D eigenvalue weighted by Gasteiger charge is 2.25. The maximum absolute atomic E-state index is 11.1. The molecule has 1 fully saturated rings. The summed E-state index contributed by atoms with van der Waals surface area (Å²) in [5, 5.41) is 0. The summed E-state index contributed by atoms with van der Waals surface area (Å²) < 4.78 is 18.6. The molecule has 18 heavy (non-hydrogen) atoms. The van der Waals surface area contributed by atoms with E-state index in [2.05, 4.69) is 9.47 Å². The second-order valence-electron chi connectivity index (χ2n) is 4.31. The topological polar surface area (TPSA) is 71.1 Å². The molecule has 0 unspecified atom stereocenters. The maximum Gasteiger partial charge on any atom is 0.511 e. The predicted octanol–water partition coefficient (Wildman–Crippen LogP) is 2.85. The molecule has 0 radical (unpaired) electrons. The number of hydrogen-bond acceptors (Lipinski definition) is 6. The minimum atomic E-state index is -0.937. The van der Waals surface area contributed by atoms with Gasteiger partial charge in [-0.15, -0.1) is 0 Å². The maximum atomic E-state index is 11.1. The summed E-state index contributed by atoms with van der Waals surface area (Å²) >= 11 is 0. The van der Waals surface area contributed by atoms with Crippen molar-refractivity contribution in [1.82, 2.24) is 0 Å². The molecular weight excluding hydrogens is 240 g/mol. The summed E-state index contributed by atoms with van der Waals surface area (Å²) in [5.41, 5.74) is 0. The molecule has 0 saturated heterocycles.